The zero-order chi connectivity index (χ0) is 22.5. The summed E-state index contributed by atoms with van der Waals surface area (Å²) < 4.78 is 0. The lowest BCUT2D eigenvalue weighted by Gasteiger charge is -2.37. The molecule has 0 amide bonds. The van der Waals surface area contributed by atoms with Crippen molar-refractivity contribution in [3.8, 4) is 0 Å². The maximum absolute atomic E-state index is 5.16. The van der Waals surface area contributed by atoms with Crippen molar-refractivity contribution in [2.75, 3.05) is 6.54 Å². The van der Waals surface area contributed by atoms with Crippen LogP contribution in [0.3, 0.4) is 0 Å². The van der Waals surface area contributed by atoms with Crippen molar-refractivity contribution in [1.82, 2.24) is 26.3 Å². The van der Waals surface area contributed by atoms with E-state index in [1.54, 1.807) is 5.56 Å². The fourth-order valence-electron chi connectivity index (χ4n) is 6.95. The number of rotatable bonds is 1. The first kappa shape index (κ1) is 23.7. The largest absolute Gasteiger partial charge is 0.311 e. The van der Waals surface area contributed by atoms with E-state index < -0.39 is 0 Å². The molecule has 5 rings (SSSR count). The van der Waals surface area contributed by atoms with Gasteiger partial charge < -0.3 is 21.3 Å². The molecule has 184 valence electrons. The average Bonchev–Trinajstić information content (AvgIpc) is 2.86. The normalized spacial score (nSPS) is 35.0. The van der Waals surface area contributed by atoms with E-state index in [-0.39, 0.29) is 0 Å². The molecule has 2 heterocycles. The fourth-order valence-corrected chi connectivity index (χ4v) is 6.95. The van der Waals surface area contributed by atoms with Gasteiger partial charge in [0.1, 0.15) is 0 Å². The fraction of sp³-hybridized carbons (Fsp3) is 0.821. The van der Waals surface area contributed by atoms with Crippen LogP contribution in [0, 0.1) is 0 Å². The molecule has 33 heavy (non-hydrogen) atoms. The Balaban J connectivity index is 1.39. The van der Waals surface area contributed by atoms with Crippen LogP contribution in [-0.2, 0) is 13.1 Å². The van der Waals surface area contributed by atoms with Crippen molar-refractivity contribution in [2.45, 2.75) is 140 Å². The number of hydrogen-bond acceptors (Lipinski definition) is 5. The second kappa shape index (κ2) is 11.6. The maximum atomic E-state index is 5.16. The van der Waals surface area contributed by atoms with Crippen LogP contribution in [0.5, 0.6) is 0 Å². The summed E-state index contributed by atoms with van der Waals surface area (Å²) >= 11 is 0. The van der Waals surface area contributed by atoms with E-state index in [9.17, 15) is 0 Å². The third-order valence-electron chi connectivity index (χ3n) is 8.84. The molecule has 0 radical (unpaired) electrons. The first-order valence-electron chi connectivity index (χ1n) is 14.2. The summed E-state index contributed by atoms with van der Waals surface area (Å²) in [5.74, 6) is 0.732. The molecule has 1 aliphatic heterocycles. The summed E-state index contributed by atoms with van der Waals surface area (Å²) in [5, 5.41) is 15.8. The Morgan fingerprint density at radius 3 is 1.79 bits per heavy atom. The molecule has 0 spiro atoms. The predicted octanol–water partition coefficient (Wildman–Crippen LogP) is 4.51. The Morgan fingerprint density at radius 2 is 1.15 bits per heavy atom. The molecule has 1 aromatic heterocycles. The second-order valence-electron chi connectivity index (χ2n) is 11.5. The third kappa shape index (κ3) is 6.36. The standard InChI is InChI=1S/C28H47N5/c1-20-17-29-25-11-5-6-12-26(25)30-18-23-15-22(21-9-3-2-4-10-21)16-24(33-23)19-31-27-13-7-8-14-28(27)32-20/h15-16,20-21,25-32H,2-14,17-19H2,1H3/t20-,25-,26-,27-,28-/m1/s1. The second-order valence-corrected chi connectivity index (χ2v) is 11.5. The van der Waals surface area contributed by atoms with Gasteiger partial charge in [0.25, 0.3) is 0 Å². The van der Waals surface area contributed by atoms with Gasteiger partial charge in [-0.15, -0.1) is 0 Å². The molecule has 0 aromatic carbocycles. The van der Waals surface area contributed by atoms with Gasteiger partial charge in [0.05, 0.1) is 11.4 Å². The van der Waals surface area contributed by atoms with Crippen LogP contribution in [0.15, 0.2) is 12.1 Å². The third-order valence-corrected chi connectivity index (χ3v) is 8.84. The van der Waals surface area contributed by atoms with E-state index in [2.05, 4.69) is 40.3 Å². The van der Waals surface area contributed by atoms with Crippen LogP contribution < -0.4 is 21.3 Å². The monoisotopic (exact) mass is 453 g/mol. The quantitative estimate of drug-likeness (QED) is 0.504. The number of nitrogens with one attached hydrogen (secondary N) is 4. The smallest absolute Gasteiger partial charge is 0.0548 e. The minimum Gasteiger partial charge on any atom is -0.311 e. The van der Waals surface area contributed by atoms with E-state index >= 15 is 0 Å². The molecule has 0 saturated heterocycles. The molecule has 3 fully saturated rings. The van der Waals surface area contributed by atoms with Gasteiger partial charge >= 0.3 is 0 Å². The summed E-state index contributed by atoms with van der Waals surface area (Å²) in [6.45, 7) is 5.22. The number of hydrogen-bond donors (Lipinski definition) is 4. The van der Waals surface area contributed by atoms with Gasteiger partial charge in [0.15, 0.2) is 0 Å². The van der Waals surface area contributed by atoms with Crippen molar-refractivity contribution in [2.24, 2.45) is 0 Å². The molecule has 1 aromatic rings. The number of pyridine rings is 1. The van der Waals surface area contributed by atoms with Gasteiger partial charge in [-0.3, -0.25) is 4.98 Å². The van der Waals surface area contributed by atoms with Gasteiger partial charge in [0.2, 0.25) is 0 Å². The topological polar surface area (TPSA) is 61.0 Å². The highest BCUT2D eigenvalue weighted by molar-refractivity contribution is 5.26. The number of fused-ring (bicyclic) bond motifs is 4. The highest BCUT2D eigenvalue weighted by atomic mass is 15.1. The number of aromatic nitrogens is 1. The van der Waals surface area contributed by atoms with E-state index in [1.165, 1.54) is 94.9 Å². The molecule has 3 saturated carbocycles. The van der Waals surface area contributed by atoms with E-state index in [4.69, 9.17) is 4.98 Å². The Bertz CT molecular complexity index is 746. The first-order valence-corrected chi connectivity index (χ1v) is 14.2. The molecule has 2 bridgehead atoms. The summed E-state index contributed by atoms with van der Waals surface area (Å²) in [6.07, 6.45) is 17.4. The Hall–Kier alpha value is -1.01. The lowest BCUT2D eigenvalue weighted by Crippen LogP contribution is -2.56. The van der Waals surface area contributed by atoms with Gasteiger partial charge in [0, 0.05) is 49.8 Å². The molecule has 5 atom stereocenters. The van der Waals surface area contributed by atoms with Gasteiger partial charge in [-0.1, -0.05) is 44.9 Å². The molecule has 3 aliphatic carbocycles. The lowest BCUT2D eigenvalue weighted by atomic mass is 9.84. The Morgan fingerprint density at radius 1 is 0.636 bits per heavy atom. The van der Waals surface area contributed by atoms with Crippen LogP contribution in [0.1, 0.15) is 113 Å². The molecular weight excluding hydrogens is 406 g/mol. The zero-order valence-corrected chi connectivity index (χ0v) is 20.9. The molecule has 0 unspecified atom stereocenters. The summed E-state index contributed by atoms with van der Waals surface area (Å²) in [6, 6.07) is 7.63. The summed E-state index contributed by atoms with van der Waals surface area (Å²) in [5.41, 5.74) is 4.05. The van der Waals surface area contributed by atoms with E-state index in [1.807, 2.05) is 0 Å². The maximum Gasteiger partial charge on any atom is 0.0548 e. The van der Waals surface area contributed by atoms with Crippen LogP contribution in [0.25, 0.3) is 0 Å². The molecular formula is C28H47N5. The molecule has 5 nitrogen and oxygen atoms in total. The van der Waals surface area contributed by atoms with Gasteiger partial charge in [-0.05, 0) is 69.1 Å². The van der Waals surface area contributed by atoms with Gasteiger partial charge in [-0.2, -0.15) is 0 Å². The SMILES string of the molecule is C[C@@H]1CN[C@@H]2CCCC[C@H]2NCc2cc(C3CCCCC3)cc(n2)CN[C@@H]2CCCC[C@H]2N1. The summed E-state index contributed by atoms with van der Waals surface area (Å²) in [7, 11) is 0. The van der Waals surface area contributed by atoms with Crippen LogP contribution in [0.4, 0.5) is 0 Å². The van der Waals surface area contributed by atoms with E-state index in [0.29, 0.717) is 30.2 Å². The van der Waals surface area contributed by atoms with Gasteiger partial charge in [-0.25, -0.2) is 0 Å². The zero-order valence-electron chi connectivity index (χ0n) is 20.9. The average molecular weight is 454 g/mol. The Kier molecular flexibility index (Phi) is 8.35. The van der Waals surface area contributed by atoms with Crippen molar-refractivity contribution in [3.05, 3.63) is 29.1 Å². The van der Waals surface area contributed by atoms with Crippen LogP contribution in [-0.4, -0.2) is 41.7 Å². The highest BCUT2D eigenvalue weighted by Crippen LogP contribution is 2.33. The predicted molar refractivity (Wildman–Crippen MR) is 136 cm³/mol. The number of nitrogens with zero attached hydrogens (tertiary/aromatic N) is 1. The Labute approximate surface area is 201 Å². The minimum atomic E-state index is 0.502. The molecule has 4 aliphatic rings. The van der Waals surface area contributed by atoms with Crippen molar-refractivity contribution in [1.29, 1.82) is 0 Å². The molecule has 4 N–H and O–H groups in total. The van der Waals surface area contributed by atoms with E-state index in [0.717, 1.165) is 25.6 Å². The van der Waals surface area contributed by atoms with Crippen LogP contribution >= 0.6 is 0 Å². The molecule has 5 heteroatoms. The van der Waals surface area contributed by atoms with Crippen molar-refractivity contribution < 1.29 is 0 Å². The minimum absolute atomic E-state index is 0.502. The lowest BCUT2D eigenvalue weighted by molar-refractivity contribution is 0.246. The van der Waals surface area contributed by atoms with Crippen LogP contribution in [0.2, 0.25) is 0 Å². The first-order chi connectivity index (χ1) is 16.2. The highest BCUT2D eigenvalue weighted by Gasteiger charge is 2.28. The van der Waals surface area contributed by atoms with Crippen molar-refractivity contribution in [3.63, 3.8) is 0 Å². The van der Waals surface area contributed by atoms with Crippen molar-refractivity contribution >= 4 is 0 Å². The summed E-state index contributed by atoms with van der Waals surface area (Å²) in [4.78, 5) is 5.16.